The topological polar surface area (TPSA) is 84.1 Å². The Labute approximate surface area is 171 Å². The predicted molar refractivity (Wildman–Crippen MR) is 115 cm³/mol. The van der Waals surface area contributed by atoms with Gasteiger partial charge in [0.15, 0.2) is 6.61 Å². The van der Waals surface area contributed by atoms with E-state index in [1.165, 1.54) is 17.4 Å². The van der Waals surface area contributed by atoms with Crippen LogP contribution in [0, 0.1) is 0 Å². The van der Waals surface area contributed by atoms with Crippen LogP contribution in [-0.4, -0.2) is 35.0 Å². The van der Waals surface area contributed by atoms with Crippen LogP contribution in [0.15, 0.2) is 60.8 Å². The lowest BCUT2D eigenvalue weighted by Gasteiger charge is -2.05. The number of nitrogens with zero attached hydrogens (tertiary/aromatic N) is 1. The Morgan fingerprint density at radius 2 is 1.97 bits per heavy atom. The number of carbonyl (C=O) groups excluding carboxylic acids is 2. The number of benzene rings is 2. The summed E-state index contributed by atoms with van der Waals surface area (Å²) < 4.78 is 6.04. The number of esters is 1. The zero-order chi connectivity index (χ0) is 20.1. The van der Waals surface area contributed by atoms with Crippen LogP contribution in [-0.2, 0) is 20.7 Å². The molecule has 1 amide bonds. The van der Waals surface area contributed by atoms with Crippen molar-refractivity contribution in [2.24, 2.45) is 0 Å². The van der Waals surface area contributed by atoms with E-state index < -0.39 is 5.97 Å². The third kappa shape index (κ3) is 4.70. The molecule has 7 heteroatoms. The molecule has 2 aromatic carbocycles. The highest BCUT2D eigenvalue weighted by Crippen LogP contribution is 2.22. The lowest BCUT2D eigenvalue weighted by molar-refractivity contribution is -0.143. The normalized spacial score (nSPS) is 11.3. The summed E-state index contributed by atoms with van der Waals surface area (Å²) in [6, 6.07) is 15.8. The average molecular weight is 405 g/mol. The summed E-state index contributed by atoms with van der Waals surface area (Å²) in [7, 11) is 0. The van der Waals surface area contributed by atoms with Gasteiger partial charge in [0, 0.05) is 29.7 Å². The molecule has 146 valence electrons. The average Bonchev–Trinajstić information content (AvgIpc) is 3.34. The molecule has 4 rings (SSSR count). The smallest absolute Gasteiger partial charge is 0.331 e. The van der Waals surface area contributed by atoms with Crippen LogP contribution in [0.25, 0.3) is 27.2 Å². The molecule has 0 fully saturated rings. The van der Waals surface area contributed by atoms with Gasteiger partial charge >= 0.3 is 5.97 Å². The maximum absolute atomic E-state index is 11.9. The number of aromatic amines is 1. The van der Waals surface area contributed by atoms with Gasteiger partial charge in [0.05, 0.1) is 10.2 Å². The number of hydrogen-bond donors (Lipinski definition) is 2. The van der Waals surface area contributed by atoms with E-state index in [1.54, 1.807) is 6.08 Å². The molecular weight excluding hydrogens is 386 g/mol. The number of carbonyl (C=O) groups is 2. The number of hydrogen-bond acceptors (Lipinski definition) is 5. The third-order valence-corrected chi connectivity index (χ3v) is 5.41. The molecule has 0 atom stereocenters. The first kappa shape index (κ1) is 18.9. The van der Waals surface area contributed by atoms with Gasteiger partial charge < -0.3 is 15.0 Å². The Morgan fingerprint density at radius 3 is 2.86 bits per heavy atom. The molecule has 0 bridgehead atoms. The molecule has 4 aromatic rings. The molecule has 0 unspecified atom stereocenters. The van der Waals surface area contributed by atoms with Crippen LogP contribution in [0.4, 0.5) is 0 Å². The lowest BCUT2D eigenvalue weighted by atomic mass is 10.1. The number of para-hydroxylation sites is 2. The molecule has 0 aliphatic heterocycles. The van der Waals surface area contributed by atoms with E-state index in [0.717, 1.165) is 26.7 Å². The van der Waals surface area contributed by atoms with Gasteiger partial charge in [-0.2, -0.15) is 0 Å². The van der Waals surface area contributed by atoms with Gasteiger partial charge in [-0.05, 0) is 36.3 Å². The Balaban J connectivity index is 1.21. The van der Waals surface area contributed by atoms with Crippen LogP contribution >= 0.6 is 11.3 Å². The fourth-order valence-corrected chi connectivity index (χ4v) is 3.88. The highest BCUT2D eigenvalue weighted by molar-refractivity contribution is 7.19. The molecule has 0 spiro atoms. The molecular formula is C22H19N3O3S. The van der Waals surface area contributed by atoms with Crippen molar-refractivity contribution in [1.29, 1.82) is 0 Å². The van der Waals surface area contributed by atoms with Gasteiger partial charge in [-0.15, -0.1) is 11.3 Å². The third-order valence-electron chi connectivity index (χ3n) is 4.41. The SMILES string of the molecule is O=C(COC(=O)/C=C/c1nc2ccccc2s1)NCCc1c[nH]c2ccccc12. The van der Waals surface area contributed by atoms with Crippen molar-refractivity contribution < 1.29 is 14.3 Å². The second-order valence-electron chi connectivity index (χ2n) is 6.42. The zero-order valence-corrected chi connectivity index (χ0v) is 16.4. The summed E-state index contributed by atoms with van der Waals surface area (Å²) in [6.45, 7) is 0.163. The second kappa shape index (κ2) is 8.70. The monoisotopic (exact) mass is 405 g/mol. The van der Waals surface area contributed by atoms with Crippen molar-refractivity contribution >= 4 is 50.4 Å². The summed E-state index contributed by atoms with van der Waals surface area (Å²) in [6.07, 6.45) is 5.53. The molecule has 29 heavy (non-hydrogen) atoms. The van der Waals surface area contributed by atoms with Crippen molar-refractivity contribution in [3.05, 3.63) is 71.4 Å². The van der Waals surface area contributed by atoms with E-state index in [4.69, 9.17) is 4.74 Å². The van der Waals surface area contributed by atoms with Crippen LogP contribution in [0.1, 0.15) is 10.6 Å². The molecule has 0 aliphatic rings. The van der Waals surface area contributed by atoms with E-state index in [0.29, 0.717) is 18.0 Å². The molecule has 2 heterocycles. The largest absolute Gasteiger partial charge is 0.452 e. The van der Waals surface area contributed by atoms with Crippen molar-refractivity contribution in [3.8, 4) is 0 Å². The second-order valence-corrected chi connectivity index (χ2v) is 7.48. The van der Waals surface area contributed by atoms with Gasteiger partial charge in [-0.3, -0.25) is 4.79 Å². The first-order valence-corrected chi connectivity index (χ1v) is 10.0. The van der Waals surface area contributed by atoms with Gasteiger partial charge in [-0.25, -0.2) is 9.78 Å². The lowest BCUT2D eigenvalue weighted by Crippen LogP contribution is -2.30. The fourth-order valence-electron chi connectivity index (χ4n) is 3.01. The summed E-state index contributed by atoms with van der Waals surface area (Å²) >= 11 is 1.49. The van der Waals surface area contributed by atoms with Gasteiger partial charge in [-0.1, -0.05) is 30.3 Å². The summed E-state index contributed by atoms with van der Waals surface area (Å²) in [5.74, 6) is -0.900. The Morgan fingerprint density at radius 1 is 1.14 bits per heavy atom. The van der Waals surface area contributed by atoms with Crippen molar-refractivity contribution in [2.75, 3.05) is 13.2 Å². The number of aromatic nitrogens is 2. The van der Waals surface area contributed by atoms with E-state index in [9.17, 15) is 9.59 Å². The minimum absolute atomic E-state index is 0.309. The number of fused-ring (bicyclic) bond motifs is 2. The number of rotatable bonds is 7. The van der Waals surface area contributed by atoms with Crippen molar-refractivity contribution in [1.82, 2.24) is 15.3 Å². The molecule has 6 nitrogen and oxygen atoms in total. The highest BCUT2D eigenvalue weighted by Gasteiger charge is 2.07. The molecule has 0 aliphatic carbocycles. The maximum atomic E-state index is 11.9. The summed E-state index contributed by atoms with van der Waals surface area (Å²) in [4.78, 5) is 31.3. The van der Waals surface area contributed by atoms with Crippen LogP contribution in [0.3, 0.4) is 0 Å². The first-order valence-electron chi connectivity index (χ1n) is 9.21. The van der Waals surface area contributed by atoms with Gasteiger partial charge in [0.2, 0.25) is 0 Å². The standard InChI is InChI=1S/C22H19N3O3S/c26-20(23-12-11-15-13-24-17-6-2-1-5-16(15)17)14-28-22(27)10-9-21-25-18-7-3-4-8-19(18)29-21/h1-10,13,24H,11-12,14H2,(H,23,26)/b10-9+. The predicted octanol–water partition coefficient (Wildman–Crippen LogP) is 3.69. The van der Waals surface area contributed by atoms with Gasteiger partial charge in [0.1, 0.15) is 5.01 Å². The highest BCUT2D eigenvalue weighted by atomic mass is 32.1. The number of amides is 1. The number of nitrogens with one attached hydrogen (secondary N) is 2. The van der Waals surface area contributed by atoms with E-state index in [1.807, 2.05) is 54.7 Å². The minimum atomic E-state index is -0.573. The van der Waals surface area contributed by atoms with Crippen molar-refractivity contribution in [2.45, 2.75) is 6.42 Å². The molecule has 0 radical (unpaired) electrons. The van der Waals surface area contributed by atoms with Crippen molar-refractivity contribution in [3.63, 3.8) is 0 Å². The molecule has 2 N–H and O–H groups in total. The van der Waals surface area contributed by atoms with E-state index in [2.05, 4.69) is 15.3 Å². The molecule has 0 saturated carbocycles. The van der Waals surface area contributed by atoms with Crippen LogP contribution < -0.4 is 5.32 Å². The first-order chi connectivity index (χ1) is 14.2. The Hall–Kier alpha value is -3.45. The number of thiazole rings is 1. The quantitative estimate of drug-likeness (QED) is 0.363. The maximum Gasteiger partial charge on any atom is 0.331 e. The molecule has 0 saturated heterocycles. The fraction of sp³-hybridized carbons (Fsp3) is 0.136. The molecule has 2 aromatic heterocycles. The Bertz CT molecular complexity index is 1160. The van der Waals surface area contributed by atoms with Crippen LogP contribution in [0.5, 0.6) is 0 Å². The minimum Gasteiger partial charge on any atom is -0.452 e. The van der Waals surface area contributed by atoms with E-state index in [-0.39, 0.29) is 12.5 Å². The van der Waals surface area contributed by atoms with Gasteiger partial charge in [0.25, 0.3) is 5.91 Å². The number of H-pyrrole nitrogens is 1. The zero-order valence-electron chi connectivity index (χ0n) is 15.6. The van der Waals surface area contributed by atoms with Crippen LogP contribution in [0.2, 0.25) is 0 Å². The summed E-state index contributed by atoms with van der Waals surface area (Å²) in [5, 5.41) is 4.63. The Kier molecular flexibility index (Phi) is 5.67. The van der Waals surface area contributed by atoms with E-state index >= 15 is 0 Å². The number of ether oxygens (including phenoxy) is 1. The summed E-state index contributed by atoms with van der Waals surface area (Å²) in [5.41, 5.74) is 3.10.